The lowest BCUT2D eigenvalue weighted by Crippen LogP contribution is -2.14. The summed E-state index contributed by atoms with van der Waals surface area (Å²) in [6.07, 6.45) is 6.39. The Hall–Kier alpha value is -3.59. The van der Waals surface area contributed by atoms with Crippen LogP contribution in [-0.4, -0.2) is 28.5 Å². The Bertz CT molecular complexity index is 1180. The Morgan fingerprint density at radius 3 is 2.54 bits per heavy atom. The first kappa shape index (κ1) is 17.8. The van der Waals surface area contributed by atoms with E-state index in [1.807, 2.05) is 6.07 Å². The zero-order valence-corrected chi connectivity index (χ0v) is 15.4. The summed E-state index contributed by atoms with van der Waals surface area (Å²) in [6.45, 7) is 0. The van der Waals surface area contributed by atoms with Crippen molar-refractivity contribution in [1.82, 2.24) is 20.1 Å². The van der Waals surface area contributed by atoms with E-state index in [0.29, 0.717) is 23.0 Å². The first-order valence-electron chi connectivity index (χ1n) is 8.35. The molecule has 0 radical (unpaired) electrons. The second-order valence-electron chi connectivity index (χ2n) is 5.88. The Morgan fingerprint density at radius 2 is 1.75 bits per heavy atom. The summed E-state index contributed by atoms with van der Waals surface area (Å²) in [5, 5.41) is 3.97. The molecule has 9 heteroatoms. The van der Waals surface area contributed by atoms with E-state index in [-0.39, 0.29) is 11.3 Å². The molecule has 0 amide bonds. The summed E-state index contributed by atoms with van der Waals surface area (Å²) in [5.41, 5.74) is 1.94. The van der Waals surface area contributed by atoms with Crippen molar-refractivity contribution in [1.29, 1.82) is 0 Å². The maximum atomic E-state index is 12.6. The first-order valence-corrected chi connectivity index (χ1v) is 9.84. The number of para-hydroxylation sites is 1. The average Bonchev–Trinajstić information content (AvgIpc) is 3.19. The lowest BCUT2D eigenvalue weighted by atomic mass is 10.1. The van der Waals surface area contributed by atoms with Crippen LogP contribution >= 0.6 is 0 Å². The van der Waals surface area contributed by atoms with E-state index < -0.39 is 10.0 Å². The van der Waals surface area contributed by atoms with Crippen molar-refractivity contribution in [2.75, 3.05) is 4.72 Å². The minimum absolute atomic E-state index is 0.0857. The largest absolute Gasteiger partial charge is 0.339 e. The average molecular weight is 393 g/mol. The molecule has 0 aliphatic carbocycles. The molecule has 0 aliphatic heterocycles. The van der Waals surface area contributed by atoms with Crippen LogP contribution in [0.3, 0.4) is 0 Å². The van der Waals surface area contributed by atoms with Gasteiger partial charge in [-0.1, -0.05) is 23.4 Å². The van der Waals surface area contributed by atoms with Gasteiger partial charge in [0.25, 0.3) is 10.0 Å². The number of aromatic nitrogens is 4. The minimum Gasteiger partial charge on any atom is -0.339 e. The first-order chi connectivity index (χ1) is 13.6. The summed E-state index contributed by atoms with van der Waals surface area (Å²) in [6, 6.07) is 13.7. The van der Waals surface area contributed by atoms with Gasteiger partial charge in [0, 0.05) is 30.4 Å². The second kappa shape index (κ2) is 7.57. The quantitative estimate of drug-likeness (QED) is 0.536. The molecule has 0 unspecified atom stereocenters. The fourth-order valence-corrected chi connectivity index (χ4v) is 3.66. The number of benzene rings is 1. The predicted octanol–water partition coefficient (Wildman–Crippen LogP) is 2.92. The molecule has 0 aliphatic rings. The molecule has 0 spiro atoms. The van der Waals surface area contributed by atoms with E-state index in [1.165, 1.54) is 18.5 Å². The molecular formula is C19H15N5O3S. The number of nitrogens with zero attached hydrogens (tertiary/aromatic N) is 4. The third kappa shape index (κ3) is 3.89. The maximum Gasteiger partial charge on any atom is 0.263 e. The van der Waals surface area contributed by atoms with E-state index in [0.717, 1.165) is 5.56 Å². The van der Waals surface area contributed by atoms with Gasteiger partial charge in [-0.25, -0.2) is 8.42 Å². The van der Waals surface area contributed by atoms with E-state index in [1.54, 1.807) is 48.8 Å². The summed E-state index contributed by atoms with van der Waals surface area (Å²) >= 11 is 0. The van der Waals surface area contributed by atoms with Crippen molar-refractivity contribution in [2.45, 2.75) is 11.3 Å². The number of sulfonamides is 1. The molecule has 28 heavy (non-hydrogen) atoms. The lowest BCUT2D eigenvalue weighted by Gasteiger charge is -2.11. The second-order valence-corrected chi connectivity index (χ2v) is 7.56. The van der Waals surface area contributed by atoms with Crippen LogP contribution in [-0.2, 0) is 16.4 Å². The van der Waals surface area contributed by atoms with Gasteiger partial charge in [-0.15, -0.1) is 0 Å². The van der Waals surface area contributed by atoms with E-state index in [9.17, 15) is 8.42 Å². The van der Waals surface area contributed by atoms with E-state index in [2.05, 4.69) is 24.8 Å². The standard InChI is InChI=1S/C19H15N5O3S/c25-28(26,16-5-3-9-21-13-16)24-17-6-2-1-4-15(17)12-18-22-19(23-27-18)14-7-10-20-11-8-14/h1-11,13,24H,12H2. The summed E-state index contributed by atoms with van der Waals surface area (Å²) in [7, 11) is -3.75. The van der Waals surface area contributed by atoms with Crippen molar-refractivity contribution >= 4 is 15.7 Å². The highest BCUT2D eigenvalue weighted by Gasteiger charge is 2.17. The van der Waals surface area contributed by atoms with Gasteiger partial charge in [0.15, 0.2) is 0 Å². The molecule has 0 atom stereocenters. The molecule has 3 heterocycles. The molecule has 140 valence electrons. The van der Waals surface area contributed by atoms with Gasteiger partial charge in [0.05, 0.1) is 12.1 Å². The van der Waals surface area contributed by atoms with Gasteiger partial charge in [0.2, 0.25) is 11.7 Å². The van der Waals surface area contributed by atoms with Crippen molar-refractivity contribution in [3.8, 4) is 11.4 Å². The molecule has 3 aromatic heterocycles. The van der Waals surface area contributed by atoms with Gasteiger partial charge in [0.1, 0.15) is 4.90 Å². The third-order valence-corrected chi connectivity index (χ3v) is 5.31. The van der Waals surface area contributed by atoms with Crippen LogP contribution in [0.5, 0.6) is 0 Å². The monoisotopic (exact) mass is 393 g/mol. The molecule has 4 rings (SSSR count). The number of nitrogens with one attached hydrogen (secondary N) is 1. The number of hydrogen-bond donors (Lipinski definition) is 1. The highest BCUT2D eigenvalue weighted by Crippen LogP contribution is 2.23. The smallest absolute Gasteiger partial charge is 0.263 e. The van der Waals surface area contributed by atoms with Gasteiger partial charge in [-0.3, -0.25) is 14.7 Å². The Kier molecular flexibility index (Phi) is 4.81. The Labute approximate surface area is 161 Å². The van der Waals surface area contributed by atoms with Crippen molar-refractivity contribution < 1.29 is 12.9 Å². The summed E-state index contributed by atoms with van der Waals surface area (Å²) in [4.78, 5) is 12.3. The van der Waals surface area contributed by atoms with Crippen LogP contribution in [0.15, 0.2) is 82.7 Å². The highest BCUT2D eigenvalue weighted by atomic mass is 32.2. The zero-order chi connectivity index (χ0) is 19.4. The number of rotatable bonds is 6. The van der Waals surface area contributed by atoms with E-state index in [4.69, 9.17) is 4.52 Å². The third-order valence-electron chi connectivity index (χ3n) is 3.95. The lowest BCUT2D eigenvalue weighted by molar-refractivity contribution is 0.386. The van der Waals surface area contributed by atoms with Crippen LogP contribution in [0.2, 0.25) is 0 Å². The van der Waals surface area contributed by atoms with Crippen LogP contribution < -0.4 is 4.72 Å². The van der Waals surface area contributed by atoms with Crippen molar-refractivity contribution in [3.63, 3.8) is 0 Å². The normalized spacial score (nSPS) is 11.3. The highest BCUT2D eigenvalue weighted by molar-refractivity contribution is 7.92. The molecule has 1 aromatic carbocycles. The molecule has 0 bridgehead atoms. The van der Waals surface area contributed by atoms with Crippen LogP contribution in [0.25, 0.3) is 11.4 Å². The van der Waals surface area contributed by atoms with Crippen molar-refractivity contribution in [3.05, 3.63) is 84.8 Å². The maximum absolute atomic E-state index is 12.6. The van der Waals surface area contributed by atoms with Gasteiger partial charge in [-0.05, 0) is 35.9 Å². The fourth-order valence-electron chi connectivity index (χ4n) is 2.59. The molecular weight excluding hydrogens is 378 g/mol. The van der Waals surface area contributed by atoms with Gasteiger partial charge < -0.3 is 4.52 Å². The SMILES string of the molecule is O=S(=O)(Nc1ccccc1Cc1nc(-c2ccncc2)no1)c1cccnc1. The van der Waals surface area contributed by atoms with E-state index >= 15 is 0 Å². The number of anilines is 1. The van der Waals surface area contributed by atoms with Crippen molar-refractivity contribution in [2.24, 2.45) is 0 Å². The van der Waals surface area contributed by atoms with Gasteiger partial charge >= 0.3 is 0 Å². The molecule has 8 nitrogen and oxygen atoms in total. The molecule has 0 saturated carbocycles. The summed E-state index contributed by atoms with van der Waals surface area (Å²) in [5.74, 6) is 0.825. The molecule has 0 fully saturated rings. The Morgan fingerprint density at radius 1 is 0.929 bits per heavy atom. The Balaban J connectivity index is 1.58. The van der Waals surface area contributed by atoms with Crippen LogP contribution in [0.4, 0.5) is 5.69 Å². The number of hydrogen-bond acceptors (Lipinski definition) is 7. The molecule has 0 saturated heterocycles. The fraction of sp³-hybridized carbons (Fsp3) is 0.0526. The van der Waals surface area contributed by atoms with Gasteiger partial charge in [-0.2, -0.15) is 4.98 Å². The molecule has 1 N–H and O–H groups in total. The topological polar surface area (TPSA) is 111 Å². The predicted molar refractivity (Wildman–Crippen MR) is 102 cm³/mol. The minimum atomic E-state index is -3.75. The van der Waals surface area contributed by atoms with Crippen LogP contribution in [0.1, 0.15) is 11.5 Å². The van der Waals surface area contributed by atoms with Crippen LogP contribution in [0, 0.1) is 0 Å². The summed E-state index contributed by atoms with van der Waals surface area (Å²) < 4.78 is 33.1. The zero-order valence-electron chi connectivity index (χ0n) is 14.6. The molecule has 4 aromatic rings. The number of pyridine rings is 2.